The van der Waals surface area contributed by atoms with Crippen LogP contribution in [0.4, 0.5) is 5.82 Å². The van der Waals surface area contributed by atoms with Gasteiger partial charge in [-0.15, -0.1) is 0 Å². The summed E-state index contributed by atoms with van der Waals surface area (Å²) < 4.78 is 7.97. The van der Waals surface area contributed by atoms with E-state index in [1.807, 2.05) is 11.4 Å². The first-order valence-corrected chi connectivity index (χ1v) is 8.30. The van der Waals surface area contributed by atoms with E-state index in [1.165, 1.54) is 5.56 Å². The molecular weight excluding hydrogens is 276 g/mol. The maximum Gasteiger partial charge on any atom is 0.160 e. The molecule has 0 saturated carbocycles. The first kappa shape index (κ1) is 15.3. The fourth-order valence-corrected chi connectivity index (χ4v) is 3.12. The van der Waals surface area contributed by atoms with Gasteiger partial charge in [0, 0.05) is 37.0 Å². The van der Waals surface area contributed by atoms with Gasteiger partial charge < -0.3 is 9.64 Å². The van der Waals surface area contributed by atoms with Crippen LogP contribution in [-0.2, 0) is 4.74 Å². The highest BCUT2D eigenvalue weighted by molar-refractivity contribution is 5.57. The molecule has 1 saturated heterocycles. The van der Waals surface area contributed by atoms with Crippen LogP contribution in [0.15, 0.2) is 6.07 Å². The van der Waals surface area contributed by atoms with Crippen LogP contribution in [0.3, 0.4) is 0 Å². The Bertz CT molecular complexity index is 664. The van der Waals surface area contributed by atoms with Crippen molar-refractivity contribution in [3.05, 3.63) is 23.0 Å². The number of nitrogens with zero attached hydrogens (tertiary/aromatic N) is 4. The van der Waals surface area contributed by atoms with E-state index < -0.39 is 0 Å². The number of hydrogen-bond acceptors (Lipinski definition) is 4. The summed E-state index contributed by atoms with van der Waals surface area (Å²) in [6.07, 6.45) is 3.72. The second kappa shape index (κ2) is 6.24. The molecule has 0 N–H and O–H groups in total. The monoisotopic (exact) mass is 302 g/mol. The highest BCUT2D eigenvalue weighted by Crippen LogP contribution is 2.25. The molecule has 1 aliphatic rings. The maximum absolute atomic E-state index is 5.97. The van der Waals surface area contributed by atoms with Gasteiger partial charge >= 0.3 is 0 Å². The molecule has 0 unspecified atom stereocenters. The standard InChI is InChI=1S/C17H26N4O/c1-5-9-22-15-7-6-8-20(11-15)16-10-12(2)18-17-13(3)14(4)19-21(16)17/h10,15H,5-9,11H2,1-4H3/t15-/m1/s1. The molecule has 22 heavy (non-hydrogen) atoms. The fraction of sp³-hybridized carbons (Fsp3) is 0.647. The number of aromatic nitrogens is 3. The molecule has 5 nitrogen and oxygen atoms in total. The zero-order valence-electron chi connectivity index (χ0n) is 14.1. The van der Waals surface area contributed by atoms with Gasteiger partial charge in [-0.05, 0) is 40.0 Å². The number of anilines is 1. The lowest BCUT2D eigenvalue weighted by Gasteiger charge is -2.34. The zero-order chi connectivity index (χ0) is 15.7. The lowest BCUT2D eigenvalue weighted by atomic mass is 10.1. The summed E-state index contributed by atoms with van der Waals surface area (Å²) in [5.41, 5.74) is 4.24. The topological polar surface area (TPSA) is 42.7 Å². The van der Waals surface area contributed by atoms with Crippen molar-refractivity contribution >= 4 is 11.5 Å². The van der Waals surface area contributed by atoms with Crippen LogP contribution in [0.5, 0.6) is 0 Å². The fourth-order valence-electron chi connectivity index (χ4n) is 3.12. The van der Waals surface area contributed by atoms with Crippen LogP contribution >= 0.6 is 0 Å². The van der Waals surface area contributed by atoms with Crippen molar-refractivity contribution in [3.63, 3.8) is 0 Å². The summed E-state index contributed by atoms with van der Waals surface area (Å²) >= 11 is 0. The molecule has 5 heteroatoms. The van der Waals surface area contributed by atoms with Crippen LogP contribution < -0.4 is 4.90 Å². The molecule has 1 aliphatic heterocycles. The largest absolute Gasteiger partial charge is 0.376 e. The third-order valence-corrected chi connectivity index (χ3v) is 4.43. The van der Waals surface area contributed by atoms with Crippen molar-refractivity contribution in [2.75, 3.05) is 24.6 Å². The van der Waals surface area contributed by atoms with Gasteiger partial charge in [0.25, 0.3) is 0 Å². The van der Waals surface area contributed by atoms with Gasteiger partial charge in [-0.1, -0.05) is 6.92 Å². The molecule has 120 valence electrons. The Morgan fingerprint density at radius 3 is 2.91 bits per heavy atom. The first-order chi connectivity index (χ1) is 10.6. The smallest absolute Gasteiger partial charge is 0.160 e. The Morgan fingerprint density at radius 1 is 1.32 bits per heavy atom. The third kappa shape index (κ3) is 2.82. The number of fused-ring (bicyclic) bond motifs is 1. The highest BCUT2D eigenvalue weighted by Gasteiger charge is 2.23. The van der Waals surface area contributed by atoms with Gasteiger partial charge in [-0.3, -0.25) is 0 Å². The van der Waals surface area contributed by atoms with Gasteiger partial charge in [0.05, 0.1) is 11.8 Å². The maximum atomic E-state index is 5.97. The Hall–Kier alpha value is -1.62. The predicted octanol–water partition coefficient (Wildman–Crippen LogP) is 3.05. The van der Waals surface area contributed by atoms with E-state index in [0.717, 1.165) is 61.8 Å². The Labute approximate surface area is 132 Å². The summed E-state index contributed by atoms with van der Waals surface area (Å²) in [5.74, 6) is 1.14. The van der Waals surface area contributed by atoms with Gasteiger partial charge in [0.2, 0.25) is 0 Å². The lowest BCUT2D eigenvalue weighted by Crippen LogP contribution is -2.40. The van der Waals surface area contributed by atoms with Crippen molar-refractivity contribution in [1.29, 1.82) is 0 Å². The molecule has 0 bridgehead atoms. The highest BCUT2D eigenvalue weighted by atomic mass is 16.5. The summed E-state index contributed by atoms with van der Waals surface area (Å²) in [5, 5.41) is 4.69. The Balaban J connectivity index is 1.93. The van der Waals surface area contributed by atoms with E-state index in [1.54, 1.807) is 0 Å². The average Bonchev–Trinajstić information content (AvgIpc) is 2.80. The lowest BCUT2D eigenvalue weighted by molar-refractivity contribution is 0.0438. The van der Waals surface area contributed by atoms with Gasteiger partial charge in [0.15, 0.2) is 5.65 Å². The number of hydrogen-bond donors (Lipinski definition) is 0. The van der Waals surface area contributed by atoms with E-state index in [4.69, 9.17) is 4.74 Å². The van der Waals surface area contributed by atoms with Crippen LogP contribution in [0.25, 0.3) is 5.65 Å². The molecule has 3 rings (SSSR count). The Kier molecular flexibility index (Phi) is 4.34. The van der Waals surface area contributed by atoms with E-state index in [-0.39, 0.29) is 0 Å². The molecule has 1 atom stereocenters. The first-order valence-electron chi connectivity index (χ1n) is 8.30. The predicted molar refractivity (Wildman–Crippen MR) is 88.7 cm³/mol. The van der Waals surface area contributed by atoms with Gasteiger partial charge in [-0.2, -0.15) is 9.61 Å². The molecule has 0 aromatic carbocycles. The van der Waals surface area contributed by atoms with E-state index in [9.17, 15) is 0 Å². The summed E-state index contributed by atoms with van der Waals surface area (Å²) in [7, 11) is 0. The van der Waals surface area contributed by atoms with Crippen LogP contribution in [0.1, 0.15) is 43.1 Å². The molecular formula is C17H26N4O. The van der Waals surface area contributed by atoms with E-state index in [0.29, 0.717) is 6.10 Å². The Morgan fingerprint density at radius 2 is 2.14 bits per heavy atom. The minimum Gasteiger partial charge on any atom is -0.376 e. The molecule has 2 aromatic rings. The van der Waals surface area contributed by atoms with Crippen molar-refractivity contribution < 1.29 is 4.74 Å². The second-order valence-corrected chi connectivity index (χ2v) is 6.28. The minimum atomic E-state index is 0.329. The van der Waals surface area contributed by atoms with Gasteiger partial charge in [0.1, 0.15) is 5.82 Å². The number of rotatable bonds is 4. The summed E-state index contributed by atoms with van der Waals surface area (Å²) in [4.78, 5) is 7.06. The molecule has 3 heterocycles. The third-order valence-electron chi connectivity index (χ3n) is 4.43. The summed E-state index contributed by atoms with van der Waals surface area (Å²) in [6, 6.07) is 2.14. The van der Waals surface area contributed by atoms with Crippen LogP contribution in [0, 0.1) is 20.8 Å². The number of aryl methyl sites for hydroxylation is 3. The van der Waals surface area contributed by atoms with Crippen molar-refractivity contribution in [1.82, 2.24) is 14.6 Å². The van der Waals surface area contributed by atoms with Crippen molar-refractivity contribution in [2.24, 2.45) is 0 Å². The molecule has 0 amide bonds. The molecule has 0 aliphatic carbocycles. The van der Waals surface area contributed by atoms with Crippen molar-refractivity contribution in [3.8, 4) is 0 Å². The SMILES string of the molecule is CCCO[C@@H]1CCCN(c2cc(C)nc3c(C)c(C)nn23)C1. The number of piperidine rings is 1. The molecule has 0 radical (unpaired) electrons. The van der Waals surface area contributed by atoms with E-state index >= 15 is 0 Å². The van der Waals surface area contributed by atoms with Crippen molar-refractivity contribution in [2.45, 2.75) is 53.1 Å². The summed E-state index contributed by atoms with van der Waals surface area (Å²) in [6.45, 7) is 11.2. The van der Waals surface area contributed by atoms with Gasteiger partial charge in [-0.25, -0.2) is 4.98 Å². The molecule has 2 aromatic heterocycles. The second-order valence-electron chi connectivity index (χ2n) is 6.28. The zero-order valence-corrected chi connectivity index (χ0v) is 14.1. The van der Waals surface area contributed by atoms with Crippen LogP contribution in [0.2, 0.25) is 0 Å². The molecule has 1 fully saturated rings. The minimum absolute atomic E-state index is 0.329. The van der Waals surface area contributed by atoms with E-state index in [2.05, 4.69) is 41.8 Å². The quantitative estimate of drug-likeness (QED) is 0.870. The molecule has 0 spiro atoms. The van der Waals surface area contributed by atoms with Crippen LogP contribution in [-0.4, -0.2) is 40.4 Å². The number of ether oxygens (including phenoxy) is 1. The average molecular weight is 302 g/mol. The normalized spacial score (nSPS) is 19.1.